The third-order valence-electron chi connectivity index (χ3n) is 6.07. The van der Waals surface area contributed by atoms with Crippen LogP contribution >= 0.6 is 0 Å². The summed E-state index contributed by atoms with van der Waals surface area (Å²) in [7, 11) is 0. The lowest BCUT2D eigenvalue weighted by atomic mass is 9.88. The van der Waals surface area contributed by atoms with E-state index in [0.717, 1.165) is 24.0 Å². The summed E-state index contributed by atoms with van der Waals surface area (Å²) in [5.41, 5.74) is 0.228. The molecule has 2 atom stereocenters. The zero-order chi connectivity index (χ0) is 23.9. The lowest BCUT2D eigenvalue weighted by Crippen LogP contribution is -2.41. The van der Waals surface area contributed by atoms with Gasteiger partial charge in [0.05, 0.1) is 6.26 Å². The highest BCUT2D eigenvalue weighted by Gasteiger charge is 2.49. The molecule has 0 bridgehead atoms. The van der Waals surface area contributed by atoms with Crippen molar-refractivity contribution in [2.45, 2.75) is 44.2 Å². The maximum atomic E-state index is 13.1. The predicted molar refractivity (Wildman–Crippen MR) is 127 cm³/mol. The van der Waals surface area contributed by atoms with Gasteiger partial charge in [0.1, 0.15) is 12.9 Å². The summed E-state index contributed by atoms with van der Waals surface area (Å²) in [6.45, 7) is 0.830. The van der Waals surface area contributed by atoms with Crippen molar-refractivity contribution in [2.75, 3.05) is 13.4 Å². The van der Waals surface area contributed by atoms with Crippen LogP contribution in [0.2, 0.25) is 0 Å². The Morgan fingerprint density at radius 3 is 2.40 bits per heavy atom. The van der Waals surface area contributed by atoms with Crippen LogP contribution in [-0.2, 0) is 37.6 Å². The van der Waals surface area contributed by atoms with Crippen LogP contribution in [0.5, 0.6) is 5.75 Å². The Morgan fingerprint density at radius 1 is 0.943 bits per heavy atom. The summed E-state index contributed by atoms with van der Waals surface area (Å²) in [6, 6.07) is 20.8. The Hall–Kier alpha value is -3.55. The van der Waals surface area contributed by atoms with E-state index in [-0.39, 0.29) is 30.3 Å². The summed E-state index contributed by atoms with van der Waals surface area (Å²) >= 11 is 0. The molecule has 1 aromatic heterocycles. The van der Waals surface area contributed by atoms with E-state index in [2.05, 4.69) is 0 Å². The average Bonchev–Trinajstić information content (AvgIpc) is 3.45. The molecule has 2 aliphatic heterocycles. The fourth-order valence-corrected chi connectivity index (χ4v) is 4.35. The molecular weight excluding hydrogens is 448 g/mol. The highest BCUT2D eigenvalue weighted by molar-refractivity contribution is 5.38. The first-order valence-corrected chi connectivity index (χ1v) is 11.8. The lowest BCUT2D eigenvalue weighted by Gasteiger charge is -2.37. The van der Waals surface area contributed by atoms with Crippen LogP contribution in [0, 0.1) is 0 Å². The fraction of sp³-hybridized carbons (Fsp3) is 0.321. The molecule has 3 heterocycles. The van der Waals surface area contributed by atoms with Gasteiger partial charge in [-0.15, -0.1) is 0 Å². The van der Waals surface area contributed by atoms with Gasteiger partial charge in [-0.25, -0.2) is 0 Å². The highest BCUT2D eigenvalue weighted by atomic mass is 16.7. The molecular formula is C28H28O7. The number of benzene rings is 2. The summed E-state index contributed by atoms with van der Waals surface area (Å²) in [5.74, 6) is 0.685. The van der Waals surface area contributed by atoms with Crippen LogP contribution in [0.15, 0.2) is 94.2 Å². The second kappa shape index (κ2) is 10.8. The van der Waals surface area contributed by atoms with Crippen LogP contribution in [0.3, 0.4) is 0 Å². The van der Waals surface area contributed by atoms with Gasteiger partial charge in [0.25, 0.3) is 0 Å². The van der Waals surface area contributed by atoms with Gasteiger partial charge in [-0.2, -0.15) is 0 Å². The molecule has 0 amide bonds. The molecule has 3 aromatic rings. The van der Waals surface area contributed by atoms with Gasteiger partial charge in [-0.3, -0.25) is 4.79 Å². The molecule has 7 heteroatoms. The van der Waals surface area contributed by atoms with Gasteiger partial charge < -0.3 is 28.1 Å². The van der Waals surface area contributed by atoms with E-state index in [4.69, 9.17) is 28.1 Å². The van der Waals surface area contributed by atoms with Gasteiger partial charge in [-0.1, -0.05) is 60.7 Å². The smallest absolute Gasteiger partial charge is 0.230 e. The molecule has 0 N–H and O–H groups in total. The van der Waals surface area contributed by atoms with Crippen LogP contribution < -0.4 is 10.2 Å². The molecule has 35 heavy (non-hydrogen) atoms. The van der Waals surface area contributed by atoms with E-state index in [1.807, 2.05) is 60.7 Å². The maximum Gasteiger partial charge on any atom is 0.230 e. The fourth-order valence-electron chi connectivity index (χ4n) is 4.35. The van der Waals surface area contributed by atoms with Crippen molar-refractivity contribution < 1.29 is 28.1 Å². The minimum atomic E-state index is -1.34. The maximum absolute atomic E-state index is 13.1. The van der Waals surface area contributed by atoms with E-state index in [9.17, 15) is 4.79 Å². The molecule has 2 unspecified atom stereocenters. The number of hydrogen-bond acceptors (Lipinski definition) is 7. The molecule has 0 aliphatic carbocycles. The van der Waals surface area contributed by atoms with Crippen LogP contribution in [0.4, 0.5) is 0 Å². The molecule has 1 saturated heterocycles. The monoisotopic (exact) mass is 476 g/mol. The van der Waals surface area contributed by atoms with Crippen molar-refractivity contribution in [1.29, 1.82) is 0 Å². The Balaban J connectivity index is 1.61. The van der Waals surface area contributed by atoms with E-state index in [1.165, 1.54) is 18.6 Å². The summed E-state index contributed by atoms with van der Waals surface area (Å²) in [4.78, 5) is 13.1. The van der Waals surface area contributed by atoms with E-state index in [1.54, 1.807) is 0 Å². The third kappa shape index (κ3) is 5.26. The third-order valence-corrected chi connectivity index (χ3v) is 6.07. The SMILES string of the molecule is O=c1ccoc(C(Cc2ccccc2)(OC2CCCCO2)C2=COCO2)c1OCc1ccccc1. The van der Waals surface area contributed by atoms with Gasteiger partial charge in [-0.05, 0) is 30.4 Å². The molecule has 2 aliphatic rings. The second-order valence-corrected chi connectivity index (χ2v) is 8.53. The van der Waals surface area contributed by atoms with Crippen molar-refractivity contribution in [3.05, 3.63) is 112 Å². The molecule has 1 fully saturated rings. The minimum Gasteiger partial charge on any atom is -0.482 e. The van der Waals surface area contributed by atoms with Gasteiger partial charge in [0.15, 0.2) is 23.4 Å². The first kappa shape index (κ1) is 23.2. The summed E-state index contributed by atoms with van der Waals surface area (Å²) < 4.78 is 36.1. The zero-order valence-corrected chi connectivity index (χ0v) is 19.4. The Bertz CT molecular complexity index is 1180. The number of hydrogen-bond donors (Lipinski definition) is 0. The van der Waals surface area contributed by atoms with Crippen molar-refractivity contribution in [3.8, 4) is 5.75 Å². The Labute approximate surface area is 203 Å². The lowest BCUT2D eigenvalue weighted by molar-refractivity contribution is -0.232. The summed E-state index contributed by atoms with van der Waals surface area (Å²) in [6.07, 6.45) is 5.33. The standard InChI is InChI=1S/C28H28O7/c29-23-14-16-32-27(26(23)33-18-22-11-5-2-6-12-22)28(24-19-30-20-34-24,17-21-9-3-1-4-10-21)35-25-13-7-8-15-31-25/h1-6,9-12,14,16,19,25H,7-8,13,15,17-18,20H2. The van der Waals surface area contributed by atoms with Gasteiger partial charge in [0, 0.05) is 19.1 Å². The molecule has 7 nitrogen and oxygen atoms in total. The van der Waals surface area contributed by atoms with Crippen molar-refractivity contribution in [3.63, 3.8) is 0 Å². The molecule has 182 valence electrons. The number of rotatable bonds is 9. The first-order chi connectivity index (χ1) is 17.2. The van der Waals surface area contributed by atoms with Crippen LogP contribution in [0.25, 0.3) is 0 Å². The van der Waals surface area contributed by atoms with Gasteiger partial charge >= 0.3 is 0 Å². The molecule has 2 aromatic carbocycles. The Kier molecular flexibility index (Phi) is 7.16. The van der Waals surface area contributed by atoms with E-state index in [0.29, 0.717) is 25.2 Å². The predicted octanol–water partition coefficient (Wildman–Crippen LogP) is 5.05. The molecule has 0 spiro atoms. The quantitative estimate of drug-likeness (QED) is 0.428. The molecule has 0 saturated carbocycles. The molecule has 5 rings (SSSR count). The van der Waals surface area contributed by atoms with Crippen molar-refractivity contribution >= 4 is 0 Å². The second-order valence-electron chi connectivity index (χ2n) is 8.53. The van der Waals surface area contributed by atoms with Crippen molar-refractivity contribution in [1.82, 2.24) is 0 Å². The highest BCUT2D eigenvalue weighted by Crippen LogP contribution is 2.44. The minimum absolute atomic E-state index is 0.0397. The molecule has 0 radical (unpaired) electrons. The first-order valence-electron chi connectivity index (χ1n) is 11.8. The summed E-state index contributed by atoms with van der Waals surface area (Å²) in [5, 5.41) is 0. The van der Waals surface area contributed by atoms with E-state index >= 15 is 0 Å². The number of ether oxygens (including phenoxy) is 5. The average molecular weight is 477 g/mol. The van der Waals surface area contributed by atoms with Crippen LogP contribution in [0.1, 0.15) is 36.1 Å². The normalized spacial score (nSPS) is 19.2. The Morgan fingerprint density at radius 2 is 1.71 bits per heavy atom. The zero-order valence-electron chi connectivity index (χ0n) is 19.4. The van der Waals surface area contributed by atoms with Gasteiger partial charge in [0.2, 0.25) is 18.0 Å². The van der Waals surface area contributed by atoms with Crippen molar-refractivity contribution in [2.24, 2.45) is 0 Å². The largest absolute Gasteiger partial charge is 0.482 e. The van der Waals surface area contributed by atoms with Crippen LogP contribution in [-0.4, -0.2) is 19.7 Å². The van der Waals surface area contributed by atoms with E-state index < -0.39 is 11.9 Å². The topological polar surface area (TPSA) is 76.4 Å².